The van der Waals surface area contributed by atoms with E-state index < -0.39 is 34.6 Å². The summed E-state index contributed by atoms with van der Waals surface area (Å²) in [5.74, 6) is -4.53. The summed E-state index contributed by atoms with van der Waals surface area (Å²) in [6.45, 7) is 0.335. The first-order chi connectivity index (χ1) is 34.7. The van der Waals surface area contributed by atoms with Gasteiger partial charge in [-0.3, -0.25) is 28.9 Å². The van der Waals surface area contributed by atoms with Gasteiger partial charge in [-0.2, -0.15) is 37.2 Å². The standard InChI is InChI=1S/2C24H23F2N7O3.2H2S/c1-32-11-13(9-28-32)16-10-27-15-5-6-19(31-24(15)30-16)33(12-14-4-7-20(34)29-14)23-21(25)17(35-2)8-18(36-3)22(23)26;1-32-11-13(9-28-32)16-10-27-15-5-6-19(33(24(15)30-16)12-14-4-7-20(34)29-14)31-23-21(25)17(35-2)8-18(36-3)22(23)26;;/h2*5-6,8-11,14H,4,7,12H2,1-3H3,(H,29,34);2*1H2. The number of hydrogen-bond donors (Lipinski definition) is 2. The number of carbonyl (C=O) groups is 2. The average Bonchev–Trinajstić information content (AvgIpc) is 4.22. The van der Waals surface area contributed by atoms with Crippen molar-refractivity contribution in [1.82, 2.24) is 59.7 Å². The Hall–Kier alpha value is -8.00. The van der Waals surface area contributed by atoms with Crippen molar-refractivity contribution in [2.24, 2.45) is 19.1 Å². The van der Waals surface area contributed by atoms with Crippen LogP contribution in [0.3, 0.4) is 0 Å². The second kappa shape index (κ2) is 22.8. The molecule has 388 valence electrons. The molecule has 0 bridgehead atoms. The molecule has 2 amide bonds. The Kier molecular flexibility index (Phi) is 16.6. The lowest BCUT2D eigenvalue weighted by atomic mass is 10.1. The number of nitrogens with one attached hydrogen (secondary N) is 2. The number of ether oxygens (including phenoxy) is 4. The van der Waals surface area contributed by atoms with Crippen LogP contribution in [0, 0.1) is 23.3 Å². The Balaban J connectivity index is 0.000000211. The number of nitrogens with zero attached hydrogens (tertiary/aromatic N) is 12. The topological polar surface area (TPSA) is 216 Å². The van der Waals surface area contributed by atoms with E-state index in [2.05, 4.69) is 45.8 Å². The zero-order valence-electron chi connectivity index (χ0n) is 40.7. The molecular formula is C48H50F4N14O6S2. The molecule has 6 aromatic heterocycles. The minimum Gasteiger partial charge on any atom is -0.493 e. The molecule has 2 unspecified atom stereocenters. The van der Waals surface area contributed by atoms with E-state index in [-0.39, 0.29) is 104 Å². The number of hydrogen-bond acceptors (Lipinski definition) is 15. The molecule has 0 radical (unpaired) electrons. The van der Waals surface area contributed by atoms with Crippen molar-refractivity contribution in [3.8, 4) is 45.5 Å². The van der Waals surface area contributed by atoms with Crippen molar-refractivity contribution >= 4 is 78.3 Å². The third-order valence-corrected chi connectivity index (χ3v) is 11.9. The first-order valence-corrected chi connectivity index (χ1v) is 22.3. The van der Waals surface area contributed by atoms with Crippen LogP contribution in [0.5, 0.6) is 23.0 Å². The molecule has 26 heteroatoms. The zero-order chi connectivity index (χ0) is 50.8. The van der Waals surface area contributed by atoms with Crippen molar-refractivity contribution < 1.29 is 46.1 Å². The van der Waals surface area contributed by atoms with E-state index in [1.54, 1.807) is 89.5 Å². The highest BCUT2D eigenvalue weighted by molar-refractivity contribution is 7.59. The Labute approximate surface area is 433 Å². The maximum Gasteiger partial charge on any atom is 0.220 e. The van der Waals surface area contributed by atoms with E-state index in [4.69, 9.17) is 23.9 Å². The Morgan fingerprint density at radius 2 is 1.18 bits per heavy atom. The average molecular weight is 1060 g/mol. The normalized spacial score (nSPS) is 15.2. The maximum atomic E-state index is 15.5. The van der Waals surface area contributed by atoms with Crippen LogP contribution >= 0.6 is 27.0 Å². The van der Waals surface area contributed by atoms with Crippen molar-refractivity contribution in [1.29, 1.82) is 0 Å². The van der Waals surface area contributed by atoms with Crippen molar-refractivity contribution in [2.45, 2.75) is 44.3 Å². The number of aryl methyl sites for hydroxylation is 2. The second-order valence-electron chi connectivity index (χ2n) is 16.7. The predicted molar refractivity (Wildman–Crippen MR) is 274 cm³/mol. The number of rotatable bonds is 13. The molecule has 10 rings (SSSR count). The monoisotopic (exact) mass is 1060 g/mol. The van der Waals surface area contributed by atoms with Gasteiger partial charge in [-0.15, -0.1) is 0 Å². The van der Waals surface area contributed by atoms with Gasteiger partial charge >= 0.3 is 0 Å². The van der Waals surface area contributed by atoms with Crippen molar-refractivity contribution in [3.63, 3.8) is 0 Å². The number of anilines is 2. The van der Waals surface area contributed by atoms with Gasteiger partial charge in [0, 0.05) is 87.8 Å². The van der Waals surface area contributed by atoms with Crippen LogP contribution in [-0.4, -0.2) is 108 Å². The number of fused-ring (bicyclic) bond motifs is 2. The molecule has 0 aliphatic carbocycles. The highest BCUT2D eigenvalue weighted by Crippen LogP contribution is 2.41. The Morgan fingerprint density at radius 1 is 0.662 bits per heavy atom. The van der Waals surface area contributed by atoms with Crippen LogP contribution in [0.1, 0.15) is 25.7 Å². The van der Waals surface area contributed by atoms with Crippen LogP contribution in [0.2, 0.25) is 0 Å². The van der Waals surface area contributed by atoms with E-state index in [1.165, 1.54) is 33.3 Å². The molecule has 2 atom stereocenters. The SMILES string of the molecule is COc1cc(OC)c(F)c(N(CC2CCC(=O)N2)c2ccc3ncc(-c4cnn(C)c4)nc3n2)c1F.COc1cc(OC)c(F)c(N=c2ccc3ncc(-c4cnn(C)c4)nc3n2CC2CCC(=O)N2)c1F.S.S. The number of amides is 2. The fourth-order valence-electron chi connectivity index (χ4n) is 8.32. The van der Waals surface area contributed by atoms with Crippen LogP contribution in [0.15, 0.2) is 78.6 Å². The molecule has 2 aromatic carbocycles. The fourth-order valence-corrected chi connectivity index (χ4v) is 8.32. The third-order valence-electron chi connectivity index (χ3n) is 11.9. The summed E-state index contributed by atoms with van der Waals surface area (Å²) in [6.07, 6.45) is 12.0. The summed E-state index contributed by atoms with van der Waals surface area (Å²) >= 11 is 0. The van der Waals surface area contributed by atoms with Gasteiger partial charge in [0.25, 0.3) is 0 Å². The molecule has 74 heavy (non-hydrogen) atoms. The van der Waals surface area contributed by atoms with Gasteiger partial charge in [0.2, 0.25) is 11.8 Å². The largest absolute Gasteiger partial charge is 0.493 e. The van der Waals surface area contributed by atoms with Crippen LogP contribution < -0.4 is 40.0 Å². The third kappa shape index (κ3) is 11.0. The summed E-state index contributed by atoms with van der Waals surface area (Å²) in [4.78, 5) is 52.3. The van der Waals surface area contributed by atoms with Gasteiger partial charge < -0.3 is 39.0 Å². The summed E-state index contributed by atoms with van der Waals surface area (Å²) in [5.41, 5.74) is 3.65. The summed E-state index contributed by atoms with van der Waals surface area (Å²) in [7, 11) is 8.70. The van der Waals surface area contributed by atoms with Gasteiger partial charge in [-0.05, 0) is 37.1 Å². The molecule has 2 N–H and O–H groups in total. The lowest BCUT2D eigenvalue weighted by Gasteiger charge is -2.28. The number of methoxy groups -OCH3 is 4. The van der Waals surface area contributed by atoms with Crippen LogP contribution in [0.4, 0.5) is 34.8 Å². The van der Waals surface area contributed by atoms with Crippen LogP contribution in [0.25, 0.3) is 44.8 Å². The number of halogens is 4. The summed E-state index contributed by atoms with van der Waals surface area (Å²) in [6, 6.07) is 8.25. The molecule has 0 spiro atoms. The van der Waals surface area contributed by atoms with Crippen molar-refractivity contribution in [2.75, 3.05) is 39.9 Å². The number of carbonyl (C=O) groups excluding carboxylic acids is 2. The number of pyridine rings is 2. The lowest BCUT2D eigenvalue weighted by Crippen LogP contribution is -2.37. The molecule has 20 nitrogen and oxygen atoms in total. The maximum absolute atomic E-state index is 15.5. The Morgan fingerprint density at radius 3 is 1.69 bits per heavy atom. The van der Waals surface area contributed by atoms with Crippen molar-refractivity contribution in [3.05, 3.63) is 102 Å². The summed E-state index contributed by atoms with van der Waals surface area (Å²) in [5, 5.41) is 14.1. The van der Waals surface area contributed by atoms with Gasteiger partial charge in [0.15, 0.2) is 57.6 Å². The first kappa shape index (κ1) is 53.8. The van der Waals surface area contributed by atoms with E-state index in [0.29, 0.717) is 53.8 Å². The lowest BCUT2D eigenvalue weighted by molar-refractivity contribution is -0.120. The number of benzene rings is 2. The predicted octanol–water partition coefficient (Wildman–Crippen LogP) is 6.00. The fraction of sp³-hybridized carbons (Fsp3) is 0.292. The minimum atomic E-state index is -0.966. The molecule has 8 heterocycles. The highest BCUT2D eigenvalue weighted by atomic mass is 32.1. The zero-order valence-corrected chi connectivity index (χ0v) is 42.7. The van der Waals surface area contributed by atoms with Crippen LogP contribution in [-0.2, 0) is 30.2 Å². The van der Waals surface area contributed by atoms with E-state index in [9.17, 15) is 9.59 Å². The highest BCUT2D eigenvalue weighted by Gasteiger charge is 2.31. The van der Waals surface area contributed by atoms with E-state index in [1.807, 2.05) is 0 Å². The first-order valence-electron chi connectivity index (χ1n) is 22.3. The quantitative estimate of drug-likeness (QED) is 0.127. The molecular weight excluding hydrogens is 1010 g/mol. The minimum absolute atomic E-state index is 0. The molecule has 2 aliphatic heterocycles. The van der Waals surface area contributed by atoms with Gasteiger partial charge in [-0.25, -0.2) is 37.5 Å². The molecule has 8 aromatic rings. The van der Waals surface area contributed by atoms with Gasteiger partial charge in [-0.1, -0.05) is 0 Å². The molecule has 2 saturated heterocycles. The molecule has 0 saturated carbocycles. The molecule has 2 aliphatic rings. The van der Waals surface area contributed by atoms with Gasteiger partial charge in [0.05, 0.1) is 64.6 Å². The summed E-state index contributed by atoms with van der Waals surface area (Å²) < 4.78 is 86.6. The van der Waals surface area contributed by atoms with E-state index in [0.717, 1.165) is 23.3 Å². The Bertz CT molecular complexity index is 3410. The van der Waals surface area contributed by atoms with Gasteiger partial charge in [0.1, 0.15) is 33.7 Å². The second-order valence-corrected chi connectivity index (χ2v) is 16.7. The smallest absolute Gasteiger partial charge is 0.220 e. The molecule has 2 fully saturated rings. The number of aromatic nitrogens is 10. The van der Waals surface area contributed by atoms with E-state index >= 15 is 17.6 Å².